The molecule has 2 aromatic rings. The molecule has 0 aliphatic carbocycles. The summed E-state index contributed by atoms with van der Waals surface area (Å²) in [5.74, 6) is -0.669. The van der Waals surface area contributed by atoms with E-state index >= 15 is 0 Å². The number of benzene rings is 1. The van der Waals surface area contributed by atoms with E-state index in [1.807, 2.05) is 0 Å². The first-order chi connectivity index (χ1) is 9.51. The molecule has 2 rings (SSSR count). The Morgan fingerprint density at radius 2 is 2.10 bits per heavy atom. The molecule has 0 amide bonds. The molecule has 0 aliphatic heterocycles. The third-order valence-corrected chi connectivity index (χ3v) is 3.35. The van der Waals surface area contributed by atoms with Crippen LogP contribution in [0.5, 0.6) is 11.6 Å². The molecule has 3 nitrogen and oxygen atoms in total. The fraction of sp³-hybridized carbons (Fsp3) is 0.154. The highest BCUT2D eigenvalue weighted by molar-refractivity contribution is 9.10. The third-order valence-electron chi connectivity index (χ3n) is 2.44. The van der Waals surface area contributed by atoms with E-state index in [-0.39, 0.29) is 16.7 Å². The van der Waals surface area contributed by atoms with Crippen molar-refractivity contribution in [3.05, 3.63) is 51.1 Å². The summed E-state index contributed by atoms with van der Waals surface area (Å²) in [7, 11) is 1.71. The maximum Gasteiger partial charge on any atom is 0.223 e. The Bertz CT molecular complexity index is 640. The van der Waals surface area contributed by atoms with E-state index in [1.165, 1.54) is 12.1 Å². The van der Waals surface area contributed by atoms with Gasteiger partial charge in [0.15, 0.2) is 0 Å². The van der Waals surface area contributed by atoms with Gasteiger partial charge in [-0.2, -0.15) is 0 Å². The second kappa shape index (κ2) is 6.47. The van der Waals surface area contributed by atoms with E-state index < -0.39 is 11.6 Å². The summed E-state index contributed by atoms with van der Waals surface area (Å²) >= 11 is 8.88. The first-order valence-corrected chi connectivity index (χ1v) is 6.79. The van der Waals surface area contributed by atoms with Gasteiger partial charge in [-0.1, -0.05) is 11.6 Å². The second-order valence-corrected chi connectivity index (χ2v) is 5.21. The molecule has 0 unspecified atom stereocenters. The molecule has 0 saturated carbocycles. The fourth-order valence-electron chi connectivity index (χ4n) is 1.56. The standard InChI is InChI=1S/C13H10BrClF2N2O/c1-18-5-7-2-8(16)6-19-13(7)20-12-4-11(17)10(15)3-9(12)14/h2-4,6,18H,5H2,1H3. The van der Waals surface area contributed by atoms with Crippen molar-refractivity contribution >= 4 is 27.5 Å². The number of halogens is 4. The van der Waals surface area contributed by atoms with Gasteiger partial charge in [0.25, 0.3) is 0 Å². The number of aromatic nitrogens is 1. The van der Waals surface area contributed by atoms with E-state index in [9.17, 15) is 8.78 Å². The fourth-order valence-corrected chi connectivity index (χ4v) is 2.28. The van der Waals surface area contributed by atoms with Crippen LogP contribution in [-0.2, 0) is 6.54 Å². The van der Waals surface area contributed by atoms with Crippen LogP contribution in [0.25, 0.3) is 0 Å². The lowest BCUT2D eigenvalue weighted by Crippen LogP contribution is -2.08. The normalized spacial score (nSPS) is 10.7. The van der Waals surface area contributed by atoms with Gasteiger partial charge in [-0.05, 0) is 35.1 Å². The topological polar surface area (TPSA) is 34.2 Å². The minimum absolute atomic E-state index is 0.0215. The molecule has 1 aromatic heterocycles. The Balaban J connectivity index is 2.37. The van der Waals surface area contributed by atoms with Gasteiger partial charge < -0.3 is 10.1 Å². The second-order valence-electron chi connectivity index (χ2n) is 3.95. The summed E-state index contributed by atoms with van der Waals surface area (Å²) < 4.78 is 32.6. The molecule has 0 aliphatic rings. The van der Waals surface area contributed by atoms with Crippen molar-refractivity contribution in [2.75, 3.05) is 7.05 Å². The first-order valence-electron chi connectivity index (χ1n) is 5.62. The lowest BCUT2D eigenvalue weighted by Gasteiger charge is -2.11. The summed E-state index contributed by atoms with van der Waals surface area (Å²) in [5.41, 5.74) is 0.523. The van der Waals surface area contributed by atoms with E-state index in [1.54, 1.807) is 7.05 Å². The van der Waals surface area contributed by atoms with Crippen molar-refractivity contribution in [3.63, 3.8) is 0 Å². The molecule has 0 spiro atoms. The SMILES string of the molecule is CNCc1cc(F)cnc1Oc1cc(F)c(Cl)cc1Br. The van der Waals surface area contributed by atoms with Crippen LogP contribution in [0.1, 0.15) is 5.56 Å². The van der Waals surface area contributed by atoms with Crippen LogP contribution < -0.4 is 10.1 Å². The molecule has 0 bridgehead atoms. The van der Waals surface area contributed by atoms with E-state index in [0.29, 0.717) is 16.6 Å². The maximum absolute atomic E-state index is 13.4. The molecule has 0 atom stereocenters. The van der Waals surface area contributed by atoms with Gasteiger partial charge >= 0.3 is 0 Å². The average Bonchev–Trinajstić information content (AvgIpc) is 2.39. The molecular formula is C13H10BrClF2N2O. The molecule has 7 heteroatoms. The Morgan fingerprint density at radius 1 is 1.35 bits per heavy atom. The molecule has 1 N–H and O–H groups in total. The number of hydrogen-bond donors (Lipinski definition) is 1. The highest BCUT2D eigenvalue weighted by atomic mass is 79.9. The van der Waals surface area contributed by atoms with Crippen molar-refractivity contribution in [1.82, 2.24) is 10.3 Å². The maximum atomic E-state index is 13.4. The molecule has 0 saturated heterocycles. The predicted octanol–water partition coefficient (Wildman–Crippen LogP) is 4.29. The van der Waals surface area contributed by atoms with Gasteiger partial charge in [0, 0.05) is 18.2 Å². The summed E-state index contributed by atoms with van der Waals surface area (Å²) in [6.45, 7) is 0.369. The Labute approximate surface area is 128 Å². The number of nitrogens with zero attached hydrogens (tertiary/aromatic N) is 1. The van der Waals surface area contributed by atoms with E-state index in [2.05, 4.69) is 26.2 Å². The highest BCUT2D eigenvalue weighted by Gasteiger charge is 2.12. The van der Waals surface area contributed by atoms with Crippen molar-refractivity contribution in [3.8, 4) is 11.6 Å². The zero-order valence-corrected chi connectivity index (χ0v) is 12.7. The van der Waals surface area contributed by atoms with Crippen LogP contribution in [0, 0.1) is 11.6 Å². The Hall–Kier alpha value is -1.24. The van der Waals surface area contributed by atoms with E-state index in [0.717, 1.165) is 12.3 Å². The predicted molar refractivity (Wildman–Crippen MR) is 76.1 cm³/mol. The van der Waals surface area contributed by atoms with Crippen molar-refractivity contribution in [2.45, 2.75) is 6.54 Å². The van der Waals surface area contributed by atoms with Crippen LogP contribution in [0.15, 0.2) is 28.9 Å². The first kappa shape index (κ1) is 15.2. The Kier molecular flexibility index (Phi) is 4.91. The van der Waals surface area contributed by atoms with Gasteiger partial charge in [0.05, 0.1) is 15.7 Å². The van der Waals surface area contributed by atoms with Crippen LogP contribution in [0.3, 0.4) is 0 Å². The van der Waals surface area contributed by atoms with Crippen molar-refractivity contribution in [2.24, 2.45) is 0 Å². The summed E-state index contributed by atoms with van der Waals surface area (Å²) in [6, 6.07) is 3.83. The van der Waals surface area contributed by atoms with E-state index in [4.69, 9.17) is 16.3 Å². The smallest absolute Gasteiger partial charge is 0.223 e. The van der Waals surface area contributed by atoms with Gasteiger partial charge in [-0.25, -0.2) is 13.8 Å². The Morgan fingerprint density at radius 3 is 2.80 bits per heavy atom. The summed E-state index contributed by atoms with van der Waals surface area (Å²) in [5, 5.41) is 2.86. The lowest BCUT2D eigenvalue weighted by molar-refractivity contribution is 0.443. The minimum atomic E-state index is -0.609. The highest BCUT2D eigenvalue weighted by Crippen LogP contribution is 2.34. The van der Waals surface area contributed by atoms with Crippen LogP contribution in [0.4, 0.5) is 8.78 Å². The average molecular weight is 364 g/mol. The molecule has 1 aromatic carbocycles. The van der Waals surface area contributed by atoms with Crippen LogP contribution >= 0.6 is 27.5 Å². The number of rotatable bonds is 4. The number of hydrogen-bond acceptors (Lipinski definition) is 3. The largest absolute Gasteiger partial charge is 0.437 e. The number of pyridine rings is 1. The quantitative estimate of drug-likeness (QED) is 0.823. The van der Waals surface area contributed by atoms with Crippen LogP contribution in [-0.4, -0.2) is 12.0 Å². The molecule has 0 radical (unpaired) electrons. The number of nitrogens with one attached hydrogen (secondary N) is 1. The van der Waals surface area contributed by atoms with Gasteiger partial charge in [-0.3, -0.25) is 0 Å². The molecular weight excluding hydrogens is 354 g/mol. The minimum Gasteiger partial charge on any atom is -0.437 e. The lowest BCUT2D eigenvalue weighted by atomic mass is 10.2. The third kappa shape index (κ3) is 3.45. The zero-order chi connectivity index (χ0) is 14.7. The zero-order valence-electron chi connectivity index (χ0n) is 10.4. The monoisotopic (exact) mass is 362 g/mol. The van der Waals surface area contributed by atoms with Gasteiger partial charge in [0.2, 0.25) is 5.88 Å². The van der Waals surface area contributed by atoms with Gasteiger partial charge in [-0.15, -0.1) is 0 Å². The van der Waals surface area contributed by atoms with Crippen molar-refractivity contribution < 1.29 is 13.5 Å². The van der Waals surface area contributed by atoms with Gasteiger partial charge in [0.1, 0.15) is 17.4 Å². The summed E-state index contributed by atoms with van der Waals surface area (Å²) in [6.07, 6.45) is 1.04. The number of ether oxygens (including phenoxy) is 1. The molecule has 1 heterocycles. The van der Waals surface area contributed by atoms with Crippen molar-refractivity contribution in [1.29, 1.82) is 0 Å². The molecule has 20 heavy (non-hydrogen) atoms. The molecule has 106 valence electrons. The van der Waals surface area contributed by atoms with Crippen LogP contribution in [0.2, 0.25) is 5.02 Å². The molecule has 0 fully saturated rings. The summed E-state index contributed by atoms with van der Waals surface area (Å²) in [4.78, 5) is 3.87.